The first-order chi connectivity index (χ1) is 7.77. The van der Waals surface area contributed by atoms with Crippen LogP contribution < -0.4 is 21.7 Å². The van der Waals surface area contributed by atoms with Crippen LogP contribution in [0.25, 0.3) is 0 Å². The molecule has 0 fully saturated rings. The lowest BCUT2D eigenvalue weighted by molar-refractivity contribution is 0.201. The molecule has 0 aromatic heterocycles. The molecule has 0 spiro atoms. The Balaban J connectivity index is 2.17. The molecule has 0 aliphatic carbocycles. The second-order valence-corrected chi connectivity index (χ2v) is 3.11. The molecule has 4 N–H and O–H groups in total. The Morgan fingerprint density at radius 1 is 1.50 bits per heavy atom. The minimum Gasteiger partial charge on any atom is -0.350 e. The molecule has 0 atom stereocenters. The summed E-state index contributed by atoms with van der Waals surface area (Å²) in [6.07, 6.45) is 1.54. The summed E-state index contributed by atoms with van der Waals surface area (Å²) < 4.78 is 0. The van der Waals surface area contributed by atoms with E-state index in [1.54, 1.807) is 11.5 Å². The van der Waals surface area contributed by atoms with E-state index in [-0.39, 0.29) is 0 Å². The maximum absolute atomic E-state index is 10.9. The van der Waals surface area contributed by atoms with E-state index in [2.05, 4.69) is 15.8 Å². The number of nitrogens with zero attached hydrogens (tertiary/aromatic N) is 3. The van der Waals surface area contributed by atoms with Crippen molar-refractivity contribution in [3.8, 4) is 0 Å². The molecule has 0 unspecified atom stereocenters. The Hall–Kier alpha value is -2.28. The van der Waals surface area contributed by atoms with Crippen LogP contribution in [0.5, 0.6) is 0 Å². The normalized spacial score (nSPS) is 14.5. The van der Waals surface area contributed by atoms with E-state index in [9.17, 15) is 4.79 Å². The van der Waals surface area contributed by atoms with E-state index in [1.165, 1.54) is 5.12 Å². The SMILES string of the molecule is NC(=O)NN(c1ccccc1)N1CN=CN1. The number of para-hydroxylation sites is 1. The third-order valence-corrected chi connectivity index (χ3v) is 1.97. The number of carbonyl (C=O) groups is 1. The number of nitrogens with two attached hydrogens (primary N) is 1. The minimum atomic E-state index is -0.641. The average molecular weight is 220 g/mol. The second-order valence-electron chi connectivity index (χ2n) is 3.11. The molecular weight excluding hydrogens is 208 g/mol. The van der Waals surface area contributed by atoms with Gasteiger partial charge in [-0.05, 0) is 12.1 Å². The molecule has 1 aromatic carbocycles. The van der Waals surface area contributed by atoms with Gasteiger partial charge in [-0.15, -0.1) is 0 Å². The molecule has 7 nitrogen and oxygen atoms in total. The number of hydrazine groups is 3. The summed E-state index contributed by atoms with van der Waals surface area (Å²) in [4.78, 5) is 14.9. The average Bonchev–Trinajstić information content (AvgIpc) is 2.80. The third kappa shape index (κ3) is 2.20. The lowest BCUT2D eigenvalue weighted by atomic mass is 10.3. The summed E-state index contributed by atoms with van der Waals surface area (Å²) in [5.74, 6) is 0. The fourth-order valence-corrected chi connectivity index (χ4v) is 1.33. The van der Waals surface area contributed by atoms with Gasteiger partial charge in [0.05, 0.1) is 5.69 Å². The molecule has 0 saturated heterocycles. The van der Waals surface area contributed by atoms with E-state index in [0.29, 0.717) is 6.67 Å². The van der Waals surface area contributed by atoms with Gasteiger partial charge in [-0.1, -0.05) is 23.3 Å². The lowest BCUT2D eigenvalue weighted by Crippen LogP contribution is -2.58. The minimum absolute atomic E-state index is 0.398. The number of benzene rings is 1. The van der Waals surface area contributed by atoms with Gasteiger partial charge >= 0.3 is 6.03 Å². The maximum atomic E-state index is 10.9. The van der Waals surface area contributed by atoms with E-state index < -0.39 is 6.03 Å². The third-order valence-electron chi connectivity index (χ3n) is 1.97. The van der Waals surface area contributed by atoms with E-state index in [1.807, 2.05) is 30.3 Å². The molecular formula is C9H12N6O. The molecule has 0 radical (unpaired) electrons. The second kappa shape index (κ2) is 4.49. The number of hydrogen-bond donors (Lipinski definition) is 3. The fraction of sp³-hybridized carbons (Fsp3) is 0.111. The number of aliphatic imine (C=N–C) groups is 1. The number of carbonyl (C=O) groups excluding carboxylic acids is 1. The van der Waals surface area contributed by atoms with Gasteiger partial charge in [0.1, 0.15) is 13.0 Å². The number of nitrogens with one attached hydrogen (secondary N) is 2. The standard InChI is InChI=1S/C9H12N6O/c10-9(16)13-15(14-7-11-6-12-14)8-4-2-1-3-5-8/h1-6H,7H2,(H,11,12)(H3,10,13,16). The first kappa shape index (κ1) is 10.2. The quantitative estimate of drug-likeness (QED) is 0.616. The zero-order valence-corrected chi connectivity index (χ0v) is 8.50. The van der Waals surface area contributed by atoms with Crippen molar-refractivity contribution >= 4 is 18.1 Å². The van der Waals surface area contributed by atoms with Crippen LogP contribution in [-0.2, 0) is 0 Å². The molecule has 1 aliphatic rings. The highest BCUT2D eigenvalue weighted by molar-refractivity contribution is 5.74. The van der Waals surface area contributed by atoms with Gasteiger partial charge < -0.3 is 5.73 Å². The van der Waals surface area contributed by atoms with Crippen molar-refractivity contribution in [1.29, 1.82) is 0 Å². The summed E-state index contributed by atoms with van der Waals surface area (Å²) in [6.45, 7) is 0.398. The summed E-state index contributed by atoms with van der Waals surface area (Å²) >= 11 is 0. The van der Waals surface area contributed by atoms with Crippen molar-refractivity contribution in [2.24, 2.45) is 10.7 Å². The fourth-order valence-electron chi connectivity index (χ4n) is 1.33. The predicted molar refractivity (Wildman–Crippen MR) is 60.0 cm³/mol. The van der Waals surface area contributed by atoms with Crippen molar-refractivity contribution in [3.05, 3.63) is 30.3 Å². The Labute approximate surface area is 92.4 Å². The van der Waals surface area contributed by atoms with E-state index in [4.69, 9.17) is 5.73 Å². The molecule has 7 heteroatoms. The number of anilines is 1. The van der Waals surface area contributed by atoms with Gasteiger partial charge in [-0.25, -0.2) is 10.2 Å². The highest BCUT2D eigenvalue weighted by atomic mass is 16.2. The van der Waals surface area contributed by atoms with Crippen molar-refractivity contribution in [1.82, 2.24) is 16.0 Å². The zero-order chi connectivity index (χ0) is 11.4. The molecule has 16 heavy (non-hydrogen) atoms. The Kier molecular flexibility index (Phi) is 2.88. The van der Waals surface area contributed by atoms with Crippen LogP contribution in [0.4, 0.5) is 10.5 Å². The van der Waals surface area contributed by atoms with Crippen LogP contribution in [0.2, 0.25) is 0 Å². The van der Waals surface area contributed by atoms with Crippen molar-refractivity contribution in [2.75, 3.05) is 11.8 Å². The molecule has 2 amide bonds. The van der Waals surface area contributed by atoms with E-state index in [0.717, 1.165) is 5.69 Å². The van der Waals surface area contributed by atoms with Gasteiger partial charge in [-0.3, -0.25) is 10.4 Å². The summed E-state index contributed by atoms with van der Waals surface area (Å²) in [6, 6.07) is 8.66. The smallest absolute Gasteiger partial charge is 0.332 e. The van der Waals surface area contributed by atoms with Gasteiger partial charge in [-0.2, -0.15) is 5.12 Å². The first-order valence-electron chi connectivity index (χ1n) is 4.70. The number of rotatable bonds is 3. The molecule has 0 saturated carbocycles. The largest absolute Gasteiger partial charge is 0.350 e. The van der Waals surface area contributed by atoms with Crippen LogP contribution in [0.1, 0.15) is 0 Å². The number of hydrogen-bond acceptors (Lipinski definition) is 5. The Morgan fingerprint density at radius 3 is 2.81 bits per heavy atom. The maximum Gasteiger partial charge on any atom is 0.332 e. The van der Waals surface area contributed by atoms with Crippen LogP contribution in [0, 0.1) is 0 Å². The molecule has 1 aliphatic heterocycles. The number of amides is 2. The predicted octanol–water partition coefficient (Wildman–Crippen LogP) is -0.203. The number of primary amides is 1. The summed E-state index contributed by atoms with van der Waals surface area (Å²) in [5.41, 5.74) is 11.2. The van der Waals surface area contributed by atoms with Gasteiger partial charge in [0.15, 0.2) is 0 Å². The van der Waals surface area contributed by atoms with Gasteiger partial charge in [0, 0.05) is 0 Å². The van der Waals surface area contributed by atoms with Crippen LogP contribution in [0.15, 0.2) is 35.3 Å². The molecule has 1 heterocycles. The molecule has 2 rings (SSSR count). The topological polar surface area (TPSA) is 86.0 Å². The molecule has 0 bridgehead atoms. The summed E-state index contributed by atoms with van der Waals surface area (Å²) in [7, 11) is 0. The van der Waals surface area contributed by atoms with Crippen LogP contribution >= 0.6 is 0 Å². The summed E-state index contributed by atoms with van der Waals surface area (Å²) in [5, 5.41) is 3.11. The lowest BCUT2D eigenvalue weighted by Gasteiger charge is -2.31. The van der Waals surface area contributed by atoms with Gasteiger partial charge in [0.2, 0.25) is 0 Å². The molecule has 84 valence electrons. The molecule has 1 aromatic rings. The Morgan fingerprint density at radius 2 is 2.25 bits per heavy atom. The van der Waals surface area contributed by atoms with Crippen molar-refractivity contribution in [3.63, 3.8) is 0 Å². The van der Waals surface area contributed by atoms with Gasteiger partial charge in [0.25, 0.3) is 0 Å². The number of urea groups is 1. The van der Waals surface area contributed by atoms with E-state index >= 15 is 0 Å². The Bertz CT molecular complexity index is 384. The van der Waals surface area contributed by atoms with Crippen LogP contribution in [0.3, 0.4) is 0 Å². The first-order valence-corrected chi connectivity index (χ1v) is 4.70. The highest BCUT2D eigenvalue weighted by Gasteiger charge is 2.18. The van der Waals surface area contributed by atoms with Crippen molar-refractivity contribution in [2.45, 2.75) is 0 Å². The highest BCUT2D eigenvalue weighted by Crippen LogP contribution is 2.12. The van der Waals surface area contributed by atoms with Crippen molar-refractivity contribution < 1.29 is 4.79 Å². The monoisotopic (exact) mass is 220 g/mol. The zero-order valence-electron chi connectivity index (χ0n) is 8.50. The van der Waals surface area contributed by atoms with Crippen LogP contribution in [-0.4, -0.2) is 24.2 Å².